The summed E-state index contributed by atoms with van der Waals surface area (Å²) in [5.74, 6) is -0.990. The number of ether oxygens (including phenoxy) is 1. The number of esters is 1. The molecular formula is C22H23NO5. The zero-order chi connectivity index (χ0) is 20.9. The molecule has 1 atom stereocenters. The number of nitro groups is 1. The molecule has 0 bridgehead atoms. The Kier molecular flexibility index (Phi) is 6.46. The Labute approximate surface area is 164 Å². The summed E-state index contributed by atoms with van der Waals surface area (Å²) in [5, 5.41) is 10.8. The lowest BCUT2D eigenvalue weighted by molar-refractivity contribution is -0.384. The molecule has 28 heavy (non-hydrogen) atoms. The second-order valence-electron chi connectivity index (χ2n) is 7.46. The summed E-state index contributed by atoms with van der Waals surface area (Å²) in [7, 11) is 0. The van der Waals surface area contributed by atoms with Gasteiger partial charge in [-0.3, -0.25) is 14.9 Å². The van der Waals surface area contributed by atoms with E-state index in [1.54, 1.807) is 18.2 Å². The standard InChI is InChI=1S/C22H23NO5/c1-15(21(25)17-9-11-18(12-10-17)22(2,3)4)28-20(24)13-8-16-6-5-7-19(14-16)23(26)27/h5-15H,1-4H3/b13-8+/t15-/m0/s1. The molecule has 0 unspecified atom stereocenters. The summed E-state index contributed by atoms with van der Waals surface area (Å²) in [6, 6.07) is 13.1. The van der Waals surface area contributed by atoms with E-state index in [0.717, 1.165) is 11.6 Å². The molecule has 2 rings (SSSR count). The van der Waals surface area contributed by atoms with Crippen LogP contribution in [0.15, 0.2) is 54.6 Å². The molecule has 2 aromatic carbocycles. The molecule has 0 radical (unpaired) electrons. The first kappa shape index (κ1) is 21.0. The van der Waals surface area contributed by atoms with Crippen LogP contribution in [0.2, 0.25) is 0 Å². The van der Waals surface area contributed by atoms with Crippen molar-refractivity contribution in [2.45, 2.75) is 39.2 Å². The first-order valence-corrected chi connectivity index (χ1v) is 8.86. The normalized spacial score (nSPS) is 12.6. The zero-order valence-corrected chi connectivity index (χ0v) is 16.3. The van der Waals surface area contributed by atoms with Crippen LogP contribution in [-0.4, -0.2) is 22.8 Å². The highest BCUT2D eigenvalue weighted by molar-refractivity contribution is 6.01. The largest absolute Gasteiger partial charge is 0.451 e. The van der Waals surface area contributed by atoms with Gasteiger partial charge in [0.1, 0.15) is 0 Å². The summed E-state index contributed by atoms with van der Waals surface area (Å²) in [6.45, 7) is 7.77. The smallest absolute Gasteiger partial charge is 0.331 e. The van der Waals surface area contributed by atoms with Crippen molar-refractivity contribution in [3.63, 3.8) is 0 Å². The number of non-ortho nitro benzene ring substituents is 1. The molecule has 6 heteroatoms. The fourth-order valence-corrected chi connectivity index (χ4v) is 2.54. The van der Waals surface area contributed by atoms with E-state index < -0.39 is 17.0 Å². The van der Waals surface area contributed by atoms with E-state index in [0.29, 0.717) is 11.1 Å². The van der Waals surface area contributed by atoms with Crippen LogP contribution in [0.1, 0.15) is 49.2 Å². The molecule has 0 aliphatic rings. The predicted molar refractivity (Wildman–Crippen MR) is 107 cm³/mol. The highest BCUT2D eigenvalue weighted by Gasteiger charge is 2.20. The highest BCUT2D eigenvalue weighted by atomic mass is 16.6. The van der Waals surface area contributed by atoms with Gasteiger partial charge in [-0.25, -0.2) is 4.79 Å². The summed E-state index contributed by atoms with van der Waals surface area (Å²) in [6.07, 6.45) is 1.61. The maximum Gasteiger partial charge on any atom is 0.331 e. The molecule has 0 saturated carbocycles. The number of nitrogens with zero attached hydrogens (tertiary/aromatic N) is 1. The molecule has 0 saturated heterocycles. The molecule has 0 fully saturated rings. The van der Waals surface area contributed by atoms with Crippen molar-refractivity contribution in [3.05, 3.63) is 81.4 Å². The highest BCUT2D eigenvalue weighted by Crippen LogP contribution is 2.22. The van der Waals surface area contributed by atoms with Gasteiger partial charge in [-0.2, -0.15) is 0 Å². The van der Waals surface area contributed by atoms with Crippen LogP contribution in [0.25, 0.3) is 6.08 Å². The number of rotatable bonds is 6. The number of hydrogen-bond donors (Lipinski definition) is 0. The summed E-state index contributed by atoms with van der Waals surface area (Å²) in [4.78, 5) is 34.7. The molecule has 0 spiro atoms. The van der Waals surface area contributed by atoms with Gasteiger partial charge in [-0.1, -0.05) is 57.2 Å². The number of carbonyl (C=O) groups excluding carboxylic acids is 2. The van der Waals surface area contributed by atoms with Crippen molar-refractivity contribution in [1.82, 2.24) is 0 Å². The summed E-state index contributed by atoms with van der Waals surface area (Å²) in [5.41, 5.74) is 1.97. The van der Waals surface area contributed by atoms with Gasteiger partial charge in [-0.05, 0) is 29.5 Å². The van der Waals surface area contributed by atoms with Gasteiger partial charge >= 0.3 is 5.97 Å². The Bertz CT molecular complexity index is 907. The molecular weight excluding hydrogens is 358 g/mol. The number of benzene rings is 2. The molecule has 146 valence electrons. The zero-order valence-electron chi connectivity index (χ0n) is 16.3. The minimum absolute atomic E-state index is 0.0169. The van der Waals surface area contributed by atoms with Gasteiger partial charge in [0.25, 0.3) is 5.69 Å². The van der Waals surface area contributed by atoms with Crippen LogP contribution in [-0.2, 0) is 14.9 Å². The number of carbonyl (C=O) groups is 2. The molecule has 6 nitrogen and oxygen atoms in total. The average Bonchev–Trinajstić information content (AvgIpc) is 2.65. The Morgan fingerprint density at radius 2 is 1.75 bits per heavy atom. The van der Waals surface area contributed by atoms with Gasteiger partial charge in [0, 0.05) is 23.8 Å². The Hall–Kier alpha value is -3.28. The molecule has 0 N–H and O–H groups in total. The van der Waals surface area contributed by atoms with Crippen LogP contribution in [0, 0.1) is 10.1 Å². The Morgan fingerprint density at radius 1 is 1.11 bits per heavy atom. The van der Waals surface area contributed by atoms with Crippen LogP contribution in [0.3, 0.4) is 0 Å². The summed E-state index contributed by atoms with van der Waals surface area (Å²) < 4.78 is 5.15. The van der Waals surface area contributed by atoms with E-state index in [2.05, 4.69) is 20.8 Å². The van der Waals surface area contributed by atoms with Gasteiger partial charge in [-0.15, -0.1) is 0 Å². The molecule has 0 aliphatic heterocycles. The monoisotopic (exact) mass is 381 g/mol. The second-order valence-corrected chi connectivity index (χ2v) is 7.46. The van der Waals surface area contributed by atoms with Gasteiger partial charge in [0.05, 0.1) is 4.92 Å². The lowest BCUT2D eigenvalue weighted by Gasteiger charge is -2.19. The van der Waals surface area contributed by atoms with Crippen molar-refractivity contribution < 1.29 is 19.2 Å². The van der Waals surface area contributed by atoms with Gasteiger partial charge in [0.15, 0.2) is 6.10 Å². The first-order chi connectivity index (χ1) is 13.1. The van der Waals surface area contributed by atoms with Crippen LogP contribution < -0.4 is 0 Å². The number of nitro benzene ring substituents is 1. The van der Waals surface area contributed by atoms with E-state index >= 15 is 0 Å². The Balaban J connectivity index is 2.00. The maximum atomic E-state index is 12.5. The van der Waals surface area contributed by atoms with Crippen molar-refractivity contribution in [1.29, 1.82) is 0 Å². The van der Waals surface area contributed by atoms with Gasteiger partial charge in [0.2, 0.25) is 5.78 Å². The van der Waals surface area contributed by atoms with Crippen molar-refractivity contribution in [3.8, 4) is 0 Å². The SMILES string of the molecule is C[C@H](OC(=O)/C=C/c1cccc([N+](=O)[O-])c1)C(=O)c1ccc(C(C)(C)C)cc1. The molecule has 0 amide bonds. The fraction of sp³-hybridized carbons (Fsp3) is 0.273. The topological polar surface area (TPSA) is 86.5 Å². The average molecular weight is 381 g/mol. The predicted octanol–water partition coefficient (Wildman–Crippen LogP) is 4.72. The number of ketones is 1. The quantitative estimate of drug-likeness (QED) is 0.238. The first-order valence-electron chi connectivity index (χ1n) is 8.86. The van der Waals surface area contributed by atoms with Crippen LogP contribution in [0.4, 0.5) is 5.69 Å². The molecule has 0 aliphatic carbocycles. The molecule has 2 aromatic rings. The third-order valence-corrected chi connectivity index (χ3v) is 4.19. The lowest BCUT2D eigenvalue weighted by Crippen LogP contribution is -2.23. The third-order valence-electron chi connectivity index (χ3n) is 4.19. The van der Waals surface area contributed by atoms with Gasteiger partial charge < -0.3 is 4.74 Å². The van der Waals surface area contributed by atoms with E-state index in [-0.39, 0.29) is 16.9 Å². The molecule has 0 heterocycles. The second kappa shape index (κ2) is 8.61. The Morgan fingerprint density at radius 3 is 2.32 bits per heavy atom. The minimum atomic E-state index is -0.942. The van der Waals surface area contributed by atoms with E-state index in [9.17, 15) is 19.7 Å². The number of hydrogen-bond acceptors (Lipinski definition) is 5. The van der Waals surface area contributed by atoms with E-state index in [1.165, 1.54) is 31.2 Å². The number of Topliss-reactive ketones (excluding diaryl/α,β-unsaturated/α-hetero) is 1. The van der Waals surface area contributed by atoms with Crippen molar-refractivity contribution >= 4 is 23.5 Å². The van der Waals surface area contributed by atoms with Crippen LogP contribution in [0.5, 0.6) is 0 Å². The summed E-state index contributed by atoms with van der Waals surface area (Å²) >= 11 is 0. The lowest BCUT2D eigenvalue weighted by atomic mass is 9.86. The third kappa shape index (κ3) is 5.61. The van der Waals surface area contributed by atoms with E-state index in [1.807, 2.05) is 12.1 Å². The van der Waals surface area contributed by atoms with Crippen molar-refractivity contribution in [2.24, 2.45) is 0 Å². The maximum absolute atomic E-state index is 12.5. The van der Waals surface area contributed by atoms with E-state index in [4.69, 9.17) is 4.74 Å². The fourth-order valence-electron chi connectivity index (χ4n) is 2.54. The minimum Gasteiger partial charge on any atom is -0.451 e. The van der Waals surface area contributed by atoms with Crippen LogP contribution >= 0.6 is 0 Å². The molecule has 0 aromatic heterocycles. The van der Waals surface area contributed by atoms with Crippen molar-refractivity contribution in [2.75, 3.05) is 0 Å².